The SMILES string of the molecule is CC(c1ccccc1)n1nccc1NC(=O)Cn1cc(-c2cnn(C)c2)cn1. The van der Waals surface area contributed by atoms with Gasteiger partial charge in [0.1, 0.15) is 12.4 Å². The molecule has 0 spiro atoms. The van der Waals surface area contributed by atoms with Crippen LogP contribution in [0.5, 0.6) is 0 Å². The van der Waals surface area contributed by atoms with Crippen LogP contribution < -0.4 is 5.32 Å². The molecule has 8 heteroatoms. The summed E-state index contributed by atoms with van der Waals surface area (Å²) in [6.07, 6.45) is 8.92. The van der Waals surface area contributed by atoms with Gasteiger partial charge in [-0.3, -0.25) is 14.2 Å². The standard InChI is InChI=1S/C20H21N7O/c1-15(16-6-4-3-5-7-16)27-19(8-9-21-27)24-20(28)14-26-13-18(11-23-26)17-10-22-25(2)12-17/h3-13,15H,14H2,1-2H3,(H,24,28). The number of aryl methyl sites for hydroxylation is 1. The van der Waals surface area contributed by atoms with Gasteiger partial charge < -0.3 is 5.32 Å². The van der Waals surface area contributed by atoms with Crippen LogP contribution in [0, 0.1) is 0 Å². The van der Waals surface area contributed by atoms with E-state index in [1.807, 2.05) is 56.7 Å². The van der Waals surface area contributed by atoms with Gasteiger partial charge in [0.15, 0.2) is 0 Å². The molecule has 4 rings (SSSR count). The van der Waals surface area contributed by atoms with E-state index in [1.54, 1.807) is 38.7 Å². The van der Waals surface area contributed by atoms with Gasteiger partial charge in [-0.05, 0) is 12.5 Å². The van der Waals surface area contributed by atoms with Crippen LogP contribution in [0.4, 0.5) is 5.82 Å². The topological polar surface area (TPSA) is 82.6 Å². The van der Waals surface area contributed by atoms with Gasteiger partial charge in [0, 0.05) is 36.6 Å². The second-order valence-electron chi connectivity index (χ2n) is 6.63. The van der Waals surface area contributed by atoms with Gasteiger partial charge in [-0.2, -0.15) is 15.3 Å². The lowest BCUT2D eigenvalue weighted by molar-refractivity contribution is -0.116. The minimum Gasteiger partial charge on any atom is -0.309 e. The normalized spacial score (nSPS) is 12.1. The second-order valence-corrected chi connectivity index (χ2v) is 6.63. The summed E-state index contributed by atoms with van der Waals surface area (Å²) in [6.45, 7) is 2.16. The summed E-state index contributed by atoms with van der Waals surface area (Å²) in [6, 6.07) is 11.8. The molecule has 4 aromatic rings. The Kier molecular flexibility index (Phi) is 4.76. The van der Waals surface area contributed by atoms with Crippen LogP contribution in [0.1, 0.15) is 18.5 Å². The zero-order valence-corrected chi connectivity index (χ0v) is 15.7. The van der Waals surface area contributed by atoms with Gasteiger partial charge in [0.25, 0.3) is 0 Å². The molecule has 0 saturated heterocycles. The number of carbonyl (C=O) groups is 1. The van der Waals surface area contributed by atoms with Crippen LogP contribution in [0.25, 0.3) is 11.1 Å². The highest BCUT2D eigenvalue weighted by Gasteiger charge is 2.15. The van der Waals surface area contributed by atoms with Crippen LogP contribution in [-0.2, 0) is 18.4 Å². The molecule has 0 aliphatic heterocycles. The van der Waals surface area contributed by atoms with Crippen LogP contribution in [0.2, 0.25) is 0 Å². The zero-order valence-electron chi connectivity index (χ0n) is 15.7. The Morgan fingerprint density at radius 3 is 2.54 bits per heavy atom. The second kappa shape index (κ2) is 7.51. The molecule has 1 aromatic carbocycles. The Balaban J connectivity index is 1.44. The molecule has 3 heterocycles. The lowest BCUT2D eigenvalue weighted by Crippen LogP contribution is -2.22. The van der Waals surface area contributed by atoms with E-state index < -0.39 is 0 Å². The molecule has 1 atom stereocenters. The van der Waals surface area contributed by atoms with Crippen molar-refractivity contribution in [2.45, 2.75) is 19.5 Å². The first-order valence-corrected chi connectivity index (χ1v) is 9.00. The molecule has 0 radical (unpaired) electrons. The lowest BCUT2D eigenvalue weighted by atomic mass is 10.1. The van der Waals surface area contributed by atoms with E-state index in [0.29, 0.717) is 5.82 Å². The Morgan fingerprint density at radius 2 is 1.79 bits per heavy atom. The van der Waals surface area contributed by atoms with Gasteiger partial charge in [-0.25, -0.2) is 4.68 Å². The third-order valence-corrected chi connectivity index (χ3v) is 4.56. The highest BCUT2D eigenvalue weighted by atomic mass is 16.2. The van der Waals surface area contributed by atoms with Crippen LogP contribution in [0.15, 0.2) is 67.4 Å². The minimum absolute atomic E-state index is 0.00777. The number of rotatable bonds is 6. The van der Waals surface area contributed by atoms with Crippen molar-refractivity contribution in [3.63, 3.8) is 0 Å². The van der Waals surface area contributed by atoms with Crippen molar-refractivity contribution in [2.75, 3.05) is 5.32 Å². The maximum absolute atomic E-state index is 12.5. The Morgan fingerprint density at radius 1 is 1.04 bits per heavy atom. The summed E-state index contributed by atoms with van der Waals surface area (Å²) in [5, 5.41) is 15.7. The molecule has 1 unspecified atom stereocenters. The smallest absolute Gasteiger partial charge is 0.247 e. The van der Waals surface area contributed by atoms with E-state index in [2.05, 4.69) is 20.6 Å². The maximum atomic E-state index is 12.5. The fourth-order valence-electron chi connectivity index (χ4n) is 3.09. The number of nitrogens with zero attached hydrogens (tertiary/aromatic N) is 6. The van der Waals surface area contributed by atoms with E-state index in [4.69, 9.17) is 0 Å². The van der Waals surface area contributed by atoms with E-state index >= 15 is 0 Å². The number of carbonyl (C=O) groups excluding carboxylic acids is 1. The molecule has 0 aliphatic carbocycles. The van der Waals surface area contributed by atoms with Gasteiger partial charge in [-0.15, -0.1) is 0 Å². The molecule has 142 valence electrons. The van der Waals surface area contributed by atoms with Crippen molar-refractivity contribution in [1.29, 1.82) is 0 Å². The lowest BCUT2D eigenvalue weighted by Gasteiger charge is -2.16. The van der Waals surface area contributed by atoms with Crippen molar-refractivity contribution in [2.24, 2.45) is 7.05 Å². The fraction of sp³-hybridized carbons (Fsp3) is 0.200. The number of benzene rings is 1. The quantitative estimate of drug-likeness (QED) is 0.562. The Labute approximate surface area is 162 Å². The van der Waals surface area contributed by atoms with E-state index in [1.165, 1.54) is 0 Å². The molecule has 0 bridgehead atoms. The fourth-order valence-corrected chi connectivity index (χ4v) is 3.09. The van der Waals surface area contributed by atoms with Crippen LogP contribution >= 0.6 is 0 Å². The summed E-state index contributed by atoms with van der Waals surface area (Å²) >= 11 is 0. The van der Waals surface area contributed by atoms with Crippen molar-refractivity contribution in [1.82, 2.24) is 29.3 Å². The predicted molar refractivity (Wildman–Crippen MR) is 106 cm³/mol. The predicted octanol–water partition coefficient (Wildman–Crippen LogP) is 2.73. The van der Waals surface area contributed by atoms with Crippen LogP contribution in [-0.4, -0.2) is 35.2 Å². The Bertz CT molecular complexity index is 1080. The monoisotopic (exact) mass is 375 g/mol. The zero-order chi connectivity index (χ0) is 19.5. The molecule has 8 nitrogen and oxygen atoms in total. The van der Waals surface area contributed by atoms with E-state index in [0.717, 1.165) is 16.7 Å². The molecule has 0 fully saturated rings. The highest BCUT2D eigenvalue weighted by molar-refractivity contribution is 5.89. The van der Waals surface area contributed by atoms with Gasteiger partial charge in [0.05, 0.1) is 24.6 Å². The number of hydrogen-bond acceptors (Lipinski definition) is 4. The minimum atomic E-state index is -0.164. The molecule has 0 saturated carbocycles. The highest BCUT2D eigenvalue weighted by Crippen LogP contribution is 2.21. The average molecular weight is 375 g/mol. The summed E-state index contributed by atoms with van der Waals surface area (Å²) in [4.78, 5) is 12.5. The average Bonchev–Trinajstić information content (AvgIpc) is 3.43. The van der Waals surface area contributed by atoms with Gasteiger partial charge in [-0.1, -0.05) is 30.3 Å². The van der Waals surface area contributed by atoms with Crippen molar-refractivity contribution in [3.05, 3.63) is 72.9 Å². The van der Waals surface area contributed by atoms with Gasteiger partial charge in [0.2, 0.25) is 5.91 Å². The number of hydrogen-bond donors (Lipinski definition) is 1. The third kappa shape index (κ3) is 3.71. The molecule has 28 heavy (non-hydrogen) atoms. The third-order valence-electron chi connectivity index (χ3n) is 4.56. The maximum Gasteiger partial charge on any atom is 0.247 e. The van der Waals surface area contributed by atoms with Crippen LogP contribution in [0.3, 0.4) is 0 Å². The molecule has 1 N–H and O–H groups in total. The van der Waals surface area contributed by atoms with Gasteiger partial charge >= 0.3 is 0 Å². The number of anilines is 1. The Hall–Kier alpha value is -3.68. The van der Waals surface area contributed by atoms with Crippen molar-refractivity contribution in [3.8, 4) is 11.1 Å². The summed E-state index contributed by atoms with van der Waals surface area (Å²) in [7, 11) is 1.86. The number of aromatic nitrogens is 6. The molecular weight excluding hydrogens is 354 g/mol. The largest absolute Gasteiger partial charge is 0.309 e. The first-order valence-electron chi connectivity index (χ1n) is 9.00. The van der Waals surface area contributed by atoms with Crippen molar-refractivity contribution < 1.29 is 4.79 Å². The van der Waals surface area contributed by atoms with Crippen molar-refractivity contribution >= 4 is 11.7 Å². The van der Waals surface area contributed by atoms with E-state index in [9.17, 15) is 4.79 Å². The number of amides is 1. The first-order chi connectivity index (χ1) is 13.6. The summed E-state index contributed by atoms with van der Waals surface area (Å²) < 4.78 is 5.14. The first kappa shape index (κ1) is 17.7. The molecule has 1 amide bonds. The molecule has 3 aromatic heterocycles. The van der Waals surface area contributed by atoms with E-state index in [-0.39, 0.29) is 18.5 Å². The molecule has 0 aliphatic rings. The summed E-state index contributed by atoms with van der Waals surface area (Å²) in [5.41, 5.74) is 3.00. The molecular formula is C20H21N7O. The summed E-state index contributed by atoms with van der Waals surface area (Å²) in [5.74, 6) is 0.490. The number of nitrogens with one attached hydrogen (secondary N) is 1.